The Morgan fingerprint density at radius 3 is 0.971 bits per heavy atom. The molecule has 0 unspecified atom stereocenters. The van der Waals surface area contributed by atoms with E-state index in [0.29, 0.717) is 0 Å². The molecule has 4 aliphatic carbocycles. The Kier molecular flexibility index (Phi) is 12.2. The van der Waals surface area contributed by atoms with Gasteiger partial charge in [0.05, 0.1) is 6.10 Å². The van der Waals surface area contributed by atoms with Gasteiger partial charge in [-0.1, -0.05) is 101 Å². The largest absolute Gasteiger partial charge is 0.391 e. The predicted octanol–water partition coefficient (Wildman–Crippen LogP) is 9.93. The molecule has 0 bridgehead atoms. The Balaban J connectivity index is 1.37. The highest BCUT2D eigenvalue weighted by atomic mass is 32.9. The average molecular weight is 581 g/mol. The molecule has 0 atom stereocenters. The van der Waals surface area contributed by atoms with E-state index in [9.17, 15) is 5.11 Å². The highest BCUT2D eigenvalue weighted by Crippen LogP contribution is 2.73. The van der Waals surface area contributed by atoms with Gasteiger partial charge in [0, 0.05) is 22.0 Å². The Morgan fingerprint density at radius 1 is 0.500 bits per heavy atom. The normalized spacial score (nSPS) is 25.7. The molecule has 4 aliphatic rings. The fourth-order valence-electron chi connectivity index (χ4n) is 7.23. The molecule has 0 heterocycles. The monoisotopic (exact) mass is 580 g/mol. The molecule has 0 radical (unpaired) electrons. The first kappa shape index (κ1) is 29.0. The van der Waals surface area contributed by atoms with Crippen LogP contribution in [-0.2, 0) is 23.6 Å². The van der Waals surface area contributed by atoms with Crippen molar-refractivity contribution < 1.29 is 5.11 Å². The van der Waals surface area contributed by atoms with E-state index in [1.807, 2.05) is 0 Å². The lowest BCUT2D eigenvalue weighted by Crippen LogP contribution is -2.24. The third kappa shape index (κ3) is 7.54. The smallest absolute Gasteiger partial charge is 0.0728 e. The SMILES string of the molecule is OC(CSP(=S)(C1CCCCC1)C1CCCCC1)CSP(=S)(C1CCCCC1)C1CCCCC1. The lowest BCUT2D eigenvalue weighted by Gasteiger charge is -2.42. The van der Waals surface area contributed by atoms with Gasteiger partial charge >= 0.3 is 0 Å². The summed E-state index contributed by atoms with van der Waals surface area (Å²) in [5.41, 5.74) is 3.16. The summed E-state index contributed by atoms with van der Waals surface area (Å²) in [4.78, 5) is 0. The lowest BCUT2D eigenvalue weighted by atomic mass is 10.00. The minimum absolute atomic E-state index is 0.223. The number of hydrogen-bond donors (Lipinski definition) is 1. The number of hydrogen-bond acceptors (Lipinski definition) is 5. The second-order valence-electron chi connectivity index (χ2n) is 11.7. The molecular formula is C27H50OP2S4. The van der Waals surface area contributed by atoms with E-state index in [0.717, 1.165) is 34.1 Å². The maximum Gasteiger partial charge on any atom is 0.0728 e. The number of aliphatic hydroxyl groups excluding tert-OH is 1. The molecular weight excluding hydrogens is 531 g/mol. The molecule has 7 heteroatoms. The molecule has 4 rings (SSSR count). The van der Waals surface area contributed by atoms with Crippen LogP contribution in [-0.4, -0.2) is 45.4 Å². The van der Waals surface area contributed by atoms with Crippen LogP contribution in [0, 0.1) is 0 Å². The topological polar surface area (TPSA) is 20.2 Å². The van der Waals surface area contributed by atoms with E-state index in [2.05, 4.69) is 22.8 Å². The summed E-state index contributed by atoms with van der Waals surface area (Å²) in [6.07, 6.45) is 27.5. The second-order valence-corrected chi connectivity index (χ2v) is 28.6. The summed E-state index contributed by atoms with van der Waals surface area (Å²) >= 11 is 17.5. The molecule has 1 N–H and O–H groups in total. The van der Waals surface area contributed by atoms with Crippen molar-refractivity contribution in [3.05, 3.63) is 0 Å². The van der Waals surface area contributed by atoms with Crippen LogP contribution in [0.3, 0.4) is 0 Å². The Morgan fingerprint density at radius 2 is 0.735 bits per heavy atom. The van der Waals surface area contributed by atoms with Crippen molar-refractivity contribution in [1.29, 1.82) is 0 Å². The Labute approximate surface area is 229 Å². The van der Waals surface area contributed by atoms with Crippen molar-refractivity contribution in [2.75, 3.05) is 11.5 Å². The third-order valence-corrected chi connectivity index (χ3v) is 29.7. The first-order valence-corrected chi connectivity index (χ1v) is 23.7. The molecule has 0 saturated heterocycles. The number of rotatable bonds is 10. The standard InChI is InChI=1S/C27H50OP2S4/c28-23(21-33-29(31,24-13-5-1-6-14-24)25-15-7-2-8-16-25)22-34-30(32,26-17-9-3-10-18-26)27-19-11-4-12-20-27/h23-28H,1-22H2. The van der Waals surface area contributed by atoms with Crippen LogP contribution < -0.4 is 0 Å². The van der Waals surface area contributed by atoms with Crippen molar-refractivity contribution in [3.63, 3.8) is 0 Å². The molecule has 0 aromatic heterocycles. The summed E-state index contributed by atoms with van der Waals surface area (Å²) in [5, 5.41) is 8.32. The van der Waals surface area contributed by atoms with Crippen molar-refractivity contribution in [2.24, 2.45) is 0 Å². The van der Waals surface area contributed by atoms with E-state index in [4.69, 9.17) is 23.6 Å². The first-order valence-electron chi connectivity index (χ1n) is 14.7. The van der Waals surface area contributed by atoms with E-state index < -0.39 is 10.5 Å². The van der Waals surface area contributed by atoms with Crippen molar-refractivity contribution in [2.45, 2.75) is 157 Å². The molecule has 0 aromatic rings. The minimum atomic E-state index is -1.48. The van der Waals surface area contributed by atoms with Crippen LogP contribution in [0.2, 0.25) is 0 Å². The summed E-state index contributed by atoms with van der Waals surface area (Å²) in [6.45, 7) is 0. The maximum absolute atomic E-state index is 11.3. The third-order valence-electron chi connectivity index (χ3n) is 9.27. The van der Waals surface area contributed by atoms with E-state index in [1.165, 1.54) is 128 Å². The van der Waals surface area contributed by atoms with Crippen molar-refractivity contribution in [3.8, 4) is 0 Å². The zero-order valence-electron chi connectivity index (χ0n) is 21.4. The van der Waals surface area contributed by atoms with Gasteiger partial charge in [-0.3, -0.25) is 0 Å². The fourth-order valence-corrected chi connectivity index (χ4v) is 25.9. The van der Waals surface area contributed by atoms with Crippen LogP contribution >= 0.6 is 33.2 Å². The first-order chi connectivity index (χ1) is 16.5. The average Bonchev–Trinajstić information content (AvgIpc) is 2.92. The zero-order chi connectivity index (χ0) is 23.9. The van der Waals surface area contributed by atoms with Crippen molar-refractivity contribution in [1.82, 2.24) is 0 Å². The van der Waals surface area contributed by atoms with Gasteiger partial charge in [-0.2, -0.15) is 0 Å². The van der Waals surface area contributed by atoms with Gasteiger partial charge in [0.1, 0.15) is 0 Å². The van der Waals surface area contributed by atoms with Gasteiger partial charge in [-0.15, -0.1) is 22.8 Å². The van der Waals surface area contributed by atoms with E-state index >= 15 is 0 Å². The van der Waals surface area contributed by atoms with Gasteiger partial charge < -0.3 is 5.11 Å². The van der Waals surface area contributed by atoms with E-state index in [1.54, 1.807) is 0 Å². The van der Waals surface area contributed by atoms with Crippen LogP contribution in [0.4, 0.5) is 0 Å². The van der Waals surface area contributed by atoms with Gasteiger partial charge in [-0.05, 0) is 74.0 Å². The van der Waals surface area contributed by atoms with E-state index in [-0.39, 0.29) is 6.10 Å². The lowest BCUT2D eigenvalue weighted by molar-refractivity contribution is 0.225. The highest BCUT2D eigenvalue weighted by Gasteiger charge is 2.40. The molecule has 0 aromatic carbocycles. The summed E-state index contributed by atoms with van der Waals surface area (Å²) in [5.74, 6) is 1.75. The van der Waals surface area contributed by atoms with Crippen LogP contribution in [0.25, 0.3) is 0 Å². The minimum Gasteiger partial charge on any atom is -0.391 e. The Hall–Kier alpha value is 1.96. The molecule has 0 aliphatic heterocycles. The summed E-state index contributed by atoms with van der Waals surface area (Å²) in [7, 11) is 0. The van der Waals surface area contributed by atoms with Crippen LogP contribution in [0.5, 0.6) is 0 Å². The van der Waals surface area contributed by atoms with Gasteiger partial charge in [0.15, 0.2) is 0 Å². The molecule has 1 nitrogen and oxygen atoms in total. The molecule has 34 heavy (non-hydrogen) atoms. The van der Waals surface area contributed by atoms with Gasteiger partial charge in [-0.25, -0.2) is 0 Å². The quantitative estimate of drug-likeness (QED) is 0.259. The maximum atomic E-state index is 11.3. The highest BCUT2D eigenvalue weighted by molar-refractivity contribution is 8.72. The predicted molar refractivity (Wildman–Crippen MR) is 167 cm³/mol. The van der Waals surface area contributed by atoms with Crippen LogP contribution in [0.15, 0.2) is 0 Å². The van der Waals surface area contributed by atoms with Gasteiger partial charge in [0.2, 0.25) is 0 Å². The molecule has 4 saturated carbocycles. The fraction of sp³-hybridized carbons (Fsp3) is 1.00. The Bertz CT molecular complexity index is 591. The van der Waals surface area contributed by atoms with Gasteiger partial charge in [0.25, 0.3) is 0 Å². The van der Waals surface area contributed by atoms with Crippen molar-refractivity contribution >= 4 is 56.9 Å². The molecule has 4 fully saturated rings. The number of aliphatic hydroxyl groups is 1. The molecule has 0 amide bonds. The summed E-state index contributed by atoms with van der Waals surface area (Å²) < 4.78 is 0. The molecule has 0 spiro atoms. The summed E-state index contributed by atoms with van der Waals surface area (Å²) in [6, 6.07) is 0. The molecule has 198 valence electrons. The zero-order valence-corrected chi connectivity index (χ0v) is 26.5. The van der Waals surface area contributed by atoms with Crippen LogP contribution in [0.1, 0.15) is 128 Å². The second kappa shape index (κ2) is 14.4.